The molecule has 1 N–H and O–H groups in total. The second-order valence-corrected chi connectivity index (χ2v) is 6.39. The van der Waals surface area contributed by atoms with E-state index in [1.54, 1.807) is 30.1 Å². The topological polar surface area (TPSA) is 75.5 Å². The molecule has 0 spiro atoms. The summed E-state index contributed by atoms with van der Waals surface area (Å²) < 4.78 is 0. The maximum absolute atomic E-state index is 12.2. The molecule has 0 heterocycles. The molecule has 0 bridgehead atoms. The van der Waals surface area contributed by atoms with Crippen LogP contribution in [0.15, 0.2) is 42.5 Å². The number of amides is 1. The highest BCUT2D eigenvalue weighted by molar-refractivity contribution is 6.33. The monoisotopic (exact) mass is 361 g/mol. The Hall–Kier alpha value is -2.60. The van der Waals surface area contributed by atoms with E-state index in [4.69, 9.17) is 11.6 Å². The van der Waals surface area contributed by atoms with E-state index in [1.807, 2.05) is 26.0 Å². The van der Waals surface area contributed by atoms with E-state index < -0.39 is 4.92 Å². The Balaban J connectivity index is 2.02. The van der Waals surface area contributed by atoms with E-state index in [-0.39, 0.29) is 17.6 Å². The highest BCUT2D eigenvalue weighted by atomic mass is 35.5. The molecule has 0 radical (unpaired) electrons. The van der Waals surface area contributed by atoms with E-state index in [2.05, 4.69) is 5.32 Å². The van der Waals surface area contributed by atoms with Gasteiger partial charge in [-0.05, 0) is 37.6 Å². The van der Waals surface area contributed by atoms with Gasteiger partial charge in [0.25, 0.3) is 11.6 Å². The summed E-state index contributed by atoms with van der Waals surface area (Å²) in [5.74, 6) is -0.0204. The first-order valence-electron chi connectivity index (χ1n) is 7.83. The van der Waals surface area contributed by atoms with Crippen molar-refractivity contribution in [2.75, 3.05) is 12.4 Å². The second kappa shape index (κ2) is 7.98. The fraction of sp³-hybridized carbons (Fsp3) is 0.278. The first-order valence-corrected chi connectivity index (χ1v) is 8.21. The third-order valence-electron chi connectivity index (χ3n) is 3.94. The average molecular weight is 362 g/mol. The molecule has 0 saturated heterocycles. The smallest absolute Gasteiger partial charge is 0.271 e. The van der Waals surface area contributed by atoms with Gasteiger partial charge in [-0.25, -0.2) is 0 Å². The molecule has 0 atom stereocenters. The Bertz CT molecular complexity index is 776. The number of halogens is 1. The van der Waals surface area contributed by atoms with Crippen LogP contribution in [-0.2, 0) is 6.54 Å². The Labute approximate surface area is 151 Å². The van der Waals surface area contributed by atoms with E-state index in [0.717, 1.165) is 5.56 Å². The van der Waals surface area contributed by atoms with Gasteiger partial charge >= 0.3 is 0 Å². The summed E-state index contributed by atoms with van der Waals surface area (Å²) in [5, 5.41) is 14.1. The minimum absolute atomic E-state index is 0.0204. The summed E-state index contributed by atoms with van der Waals surface area (Å²) in [6.07, 6.45) is 0. The normalized spacial score (nSPS) is 10.6. The summed E-state index contributed by atoms with van der Waals surface area (Å²) in [6.45, 7) is 4.42. The van der Waals surface area contributed by atoms with Crippen molar-refractivity contribution in [2.24, 2.45) is 0 Å². The minimum atomic E-state index is -0.487. The number of carbonyl (C=O) groups is 1. The van der Waals surface area contributed by atoms with Crippen LogP contribution >= 0.6 is 11.6 Å². The van der Waals surface area contributed by atoms with Crippen LogP contribution in [0.25, 0.3) is 0 Å². The molecule has 0 saturated carbocycles. The van der Waals surface area contributed by atoms with Gasteiger partial charge in [0.1, 0.15) is 0 Å². The predicted molar refractivity (Wildman–Crippen MR) is 99.1 cm³/mol. The third kappa shape index (κ3) is 4.70. The van der Waals surface area contributed by atoms with Gasteiger partial charge in [0, 0.05) is 37.3 Å². The van der Waals surface area contributed by atoms with Crippen molar-refractivity contribution < 1.29 is 9.72 Å². The Morgan fingerprint density at radius 2 is 1.88 bits per heavy atom. The summed E-state index contributed by atoms with van der Waals surface area (Å²) in [4.78, 5) is 24.2. The lowest BCUT2D eigenvalue weighted by molar-refractivity contribution is -0.384. The van der Waals surface area contributed by atoms with Crippen molar-refractivity contribution in [3.63, 3.8) is 0 Å². The zero-order valence-electron chi connectivity index (χ0n) is 14.3. The van der Waals surface area contributed by atoms with Gasteiger partial charge in [-0.2, -0.15) is 0 Å². The molecule has 2 aromatic rings. The van der Waals surface area contributed by atoms with E-state index >= 15 is 0 Å². The summed E-state index contributed by atoms with van der Waals surface area (Å²) in [6, 6.07) is 11.7. The number of nitro benzene ring substituents is 1. The van der Waals surface area contributed by atoms with Crippen molar-refractivity contribution in [1.29, 1.82) is 0 Å². The number of nitrogens with one attached hydrogen (secondary N) is 1. The lowest BCUT2D eigenvalue weighted by atomic mass is 10.1. The molecule has 2 rings (SSSR count). The maximum atomic E-state index is 12.2. The van der Waals surface area contributed by atoms with Crippen LogP contribution in [0.4, 0.5) is 11.4 Å². The van der Waals surface area contributed by atoms with Gasteiger partial charge in [-0.15, -0.1) is 0 Å². The number of benzene rings is 2. The molecule has 132 valence electrons. The van der Waals surface area contributed by atoms with Crippen molar-refractivity contribution in [2.45, 2.75) is 26.4 Å². The second-order valence-electron chi connectivity index (χ2n) is 5.98. The quantitative estimate of drug-likeness (QED) is 0.613. The van der Waals surface area contributed by atoms with E-state index in [1.165, 1.54) is 12.1 Å². The van der Waals surface area contributed by atoms with Crippen LogP contribution in [0.1, 0.15) is 29.8 Å². The number of nitrogens with zero attached hydrogens (tertiary/aromatic N) is 2. The molecule has 0 aliphatic carbocycles. The summed E-state index contributed by atoms with van der Waals surface area (Å²) in [7, 11) is 1.78. The molecule has 0 aromatic heterocycles. The summed E-state index contributed by atoms with van der Waals surface area (Å²) in [5.41, 5.74) is 2.17. The van der Waals surface area contributed by atoms with Gasteiger partial charge in [0.2, 0.25) is 0 Å². The highest BCUT2D eigenvalue weighted by Crippen LogP contribution is 2.27. The fourth-order valence-electron chi connectivity index (χ4n) is 2.16. The lowest BCUT2D eigenvalue weighted by Gasteiger charge is -2.21. The van der Waals surface area contributed by atoms with Crippen molar-refractivity contribution >= 4 is 28.9 Å². The number of hydrogen-bond acceptors (Lipinski definition) is 4. The van der Waals surface area contributed by atoms with Crippen LogP contribution in [0.3, 0.4) is 0 Å². The number of hydrogen-bond donors (Lipinski definition) is 1. The number of anilines is 1. The molecule has 25 heavy (non-hydrogen) atoms. The molecule has 0 unspecified atom stereocenters. The molecule has 6 nitrogen and oxygen atoms in total. The predicted octanol–water partition coefficient (Wildman–Crippen LogP) is 4.34. The zero-order chi connectivity index (χ0) is 18.6. The lowest BCUT2D eigenvalue weighted by Crippen LogP contribution is -2.32. The van der Waals surface area contributed by atoms with Crippen LogP contribution in [-0.4, -0.2) is 28.8 Å². The molecule has 2 aromatic carbocycles. The van der Waals surface area contributed by atoms with Crippen molar-refractivity contribution in [3.05, 3.63) is 68.7 Å². The standard InChI is InChI=1S/C18H20ClN3O3/c1-12(2)21(3)18(23)14-6-4-13(5-7-14)11-20-17-9-8-15(22(24)25)10-16(17)19/h4-10,12,20H,11H2,1-3H3. The molecule has 1 amide bonds. The van der Waals surface area contributed by atoms with Crippen LogP contribution in [0.2, 0.25) is 5.02 Å². The maximum Gasteiger partial charge on any atom is 0.271 e. The molecular weight excluding hydrogens is 342 g/mol. The first kappa shape index (κ1) is 18.7. The van der Waals surface area contributed by atoms with Gasteiger partial charge in [0.05, 0.1) is 15.6 Å². The highest BCUT2D eigenvalue weighted by Gasteiger charge is 2.14. The van der Waals surface area contributed by atoms with E-state index in [0.29, 0.717) is 22.8 Å². The minimum Gasteiger partial charge on any atom is -0.380 e. The zero-order valence-corrected chi connectivity index (χ0v) is 15.1. The number of nitro groups is 1. The number of carbonyl (C=O) groups excluding carboxylic acids is 1. The first-order chi connectivity index (χ1) is 11.8. The van der Waals surface area contributed by atoms with Gasteiger partial charge < -0.3 is 10.2 Å². The third-order valence-corrected chi connectivity index (χ3v) is 4.25. The average Bonchev–Trinajstić information content (AvgIpc) is 2.59. The number of non-ortho nitro benzene ring substituents is 1. The van der Waals surface area contributed by atoms with Gasteiger partial charge in [-0.1, -0.05) is 23.7 Å². The Kier molecular flexibility index (Phi) is 5.98. The van der Waals surface area contributed by atoms with Crippen LogP contribution in [0, 0.1) is 10.1 Å². The molecule has 0 fully saturated rings. The number of rotatable bonds is 6. The fourth-order valence-corrected chi connectivity index (χ4v) is 2.40. The summed E-state index contributed by atoms with van der Waals surface area (Å²) >= 11 is 6.05. The SMILES string of the molecule is CC(C)N(C)C(=O)c1ccc(CNc2ccc([N+](=O)[O-])cc2Cl)cc1. The van der Waals surface area contributed by atoms with Crippen molar-refractivity contribution in [1.82, 2.24) is 4.90 Å². The Morgan fingerprint density at radius 3 is 2.40 bits per heavy atom. The van der Waals surface area contributed by atoms with Gasteiger partial charge in [-0.3, -0.25) is 14.9 Å². The van der Waals surface area contributed by atoms with Gasteiger partial charge in [0.15, 0.2) is 0 Å². The molecule has 7 heteroatoms. The van der Waals surface area contributed by atoms with E-state index in [9.17, 15) is 14.9 Å². The van der Waals surface area contributed by atoms with Crippen LogP contribution < -0.4 is 5.32 Å². The molecular formula is C18H20ClN3O3. The molecule has 0 aliphatic rings. The van der Waals surface area contributed by atoms with Crippen molar-refractivity contribution in [3.8, 4) is 0 Å². The largest absolute Gasteiger partial charge is 0.380 e. The molecule has 0 aliphatic heterocycles. The Morgan fingerprint density at radius 1 is 1.24 bits per heavy atom. The van der Waals surface area contributed by atoms with Crippen LogP contribution in [0.5, 0.6) is 0 Å².